The SMILES string of the molecule is C=CCn1c(CC(=O)Nc2ccccc2OC)nnc1SCC(=O)Nc1ccc(F)cc1. The molecule has 0 saturated carbocycles. The highest BCUT2D eigenvalue weighted by Crippen LogP contribution is 2.23. The Bertz CT molecular complexity index is 1100. The van der Waals surface area contributed by atoms with Crippen molar-refractivity contribution in [2.24, 2.45) is 0 Å². The Kier molecular flexibility index (Phi) is 7.98. The van der Waals surface area contributed by atoms with Crippen molar-refractivity contribution in [3.63, 3.8) is 0 Å². The van der Waals surface area contributed by atoms with Crippen LogP contribution in [-0.4, -0.2) is 39.4 Å². The second-order valence-electron chi connectivity index (χ2n) is 6.57. The molecular formula is C22H22FN5O3S. The molecule has 32 heavy (non-hydrogen) atoms. The van der Waals surface area contributed by atoms with Gasteiger partial charge in [-0.3, -0.25) is 9.59 Å². The smallest absolute Gasteiger partial charge is 0.234 e. The lowest BCUT2D eigenvalue weighted by molar-refractivity contribution is -0.116. The molecule has 3 aromatic rings. The standard InChI is InChI=1S/C22H22FN5O3S/c1-3-12-28-19(13-20(29)25-17-6-4-5-7-18(17)31-2)26-27-22(28)32-14-21(30)24-16-10-8-15(23)9-11-16/h3-11H,1,12-14H2,2H3,(H,24,30)(H,25,29). The van der Waals surface area contributed by atoms with Gasteiger partial charge in [0.05, 0.1) is 25.0 Å². The average molecular weight is 456 g/mol. The molecule has 0 saturated heterocycles. The van der Waals surface area contributed by atoms with E-state index in [0.29, 0.717) is 34.6 Å². The second kappa shape index (κ2) is 11.1. The molecule has 3 rings (SSSR count). The number of benzene rings is 2. The summed E-state index contributed by atoms with van der Waals surface area (Å²) in [5.74, 6) is 0.135. The highest BCUT2D eigenvalue weighted by Gasteiger charge is 2.17. The summed E-state index contributed by atoms with van der Waals surface area (Å²) in [6.45, 7) is 4.11. The summed E-state index contributed by atoms with van der Waals surface area (Å²) in [6.07, 6.45) is 1.65. The number of nitrogens with zero attached hydrogens (tertiary/aromatic N) is 3. The zero-order valence-electron chi connectivity index (χ0n) is 17.4. The van der Waals surface area contributed by atoms with Crippen LogP contribution in [0, 0.1) is 5.82 Å². The van der Waals surface area contributed by atoms with Crippen LogP contribution in [-0.2, 0) is 22.6 Å². The molecule has 0 aliphatic heterocycles. The number of hydrogen-bond donors (Lipinski definition) is 2. The van der Waals surface area contributed by atoms with Crippen LogP contribution in [0.25, 0.3) is 0 Å². The molecular weight excluding hydrogens is 433 g/mol. The van der Waals surface area contributed by atoms with E-state index in [4.69, 9.17) is 4.74 Å². The summed E-state index contributed by atoms with van der Waals surface area (Å²) >= 11 is 1.18. The fraction of sp³-hybridized carbons (Fsp3) is 0.182. The number of aromatic nitrogens is 3. The third-order valence-corrected chi connectivity index (χ3v) is 5.23. The van der Waals surface area contributed by atoms with E-state index >= 15 is 0 Å². The monoisotopic (exact) mass is 455 g/mol. The largest absolute Gasteiger partial charge is 0.495 e. The third kappa shape index (κ3) is 6.17. The molecule has 0 aliphatic carbocycles. The molecule has 1 heterocycles. The number of rotatable bonds is 10. The highest BCUT2D eigenvalue weighted by atomic mass is 32.2. The van der Waals surface area contributed by atoms with Gasteiger partial charge in [-0.1, -0.05) is 30.0 Å². The molecule has 0 bridgehead atoms. The fourth-order valence-electron chi connectivity index (χ4n) is 2.82. The third-order valence-electron chi connectivity index (χ3n) is 4.27. The van der Waals surface area contributed by atoms with Crippen LogP contribution >= 0.6 is 11.8 Å². The lowest BCUT2D eigenvalue weighted by Crippen LogP contribution is -2.18. The van der Waals surface area contributed by atoms with Crippen molar-refractivity contribution in [3.8, 4) is 5.75 Å². The van der Waals surface area contributed by atoms with Crippen molar-refractivity contribution in [1.29, 1.82) is 0 Å². The zero-order chi connectivity index (χ0) is 22.9. The second-order valence-corrected chi connectivity index (χ2v) is 7.51. The summed E-state index contributed by atoms with van der Waals surface area (Å²) in [5, 5.41) is 14.2. The molecule has 0 radical (unpaired) electrons. The van der Waals surface area contributed by atoms with E-state index in [1.165, 1.54) is 43.1 Å². The van der Waals surface area contributed by atoms with Gasteiger partial charge in [0.2, 0.25) is 11.8 Å². The summed E-state index contributed by atoms with van der Waals surface area (Å²) in [7, 11) is 1.53. The summed E-state index contributed by atoms with van der Waals surface area (Å²) in [4.78, 5) is 24.7. The number of hydrogen-bond acceptors (Lipinski definition) is 6. The number of thioether (sulfide) groups is 1. The molecule has 2 amide bonds. The number of allylic oxidation sites excluding steroid dienone is 1. The van der Waals surface area contributed by atoms with Gasteiger partial charge in [0.1, 0.15) is 17.4 Å². The van der Waals surface area contributed by atoms with Crippen molar-refractivity contribution >= 4 is 35.0 Å². The van der Waals surface area contributed by atoms with Gasteiger partial charge >= 0.3 is 0 Å². The number of amides is 2. The minimum Gasteiger partial charge on any atom is -0.495 e. The van der Waals surface area contributed by atoms with Gasteiger partial charge in [-0.2, -0.15) is 0 Å². The molecule has 2 aromatic carbocycles. The molecule has 2 N–H and O–H groups in total. The number of nitrogens with one attached hydrogen (secondary N) is 2. The van der Waals surface area contributed by atoms with Crippen molar-refractivity contribution in [2.45, 2.75) is 18.1 Å². The van der Waals surface area contributed by atoms with Gasteiger partial charge in [0.15, 0.2) is 5.16 Å². The number of para-hydroxylation sites is 2. The molecule has 0 aliphatic rings. The maximum absolute atomic E-state index is 13.0. The normalized spacial score (nSPS) is 10.4. The number of carbonyl (C=O) groups excluding carboxylic acids is 2. The number of ether oxygens (including phenoxy) is 1. The van der Waals surface area contributed by atoms with Crippen molar-refractivity contribution in [1.82, 2.24) is 14.8 Å². The number of anilines is 2. The lowest BCUT2D eigenvalue weighted by atomic mass is 10.2. The minimum atomic E-state index is -0.378. The first kappa shape index (κ1) is 23.0. The Morgan fingerprint density at radius 2 is 1.88 bits per heavy atom. The van der Waals surface area contributed by atoms with Crippen molar-refractivity contribution in [2.75, 3.05) is 23.5 Å². The predicted octanol–water partition coefficient (Wildman–Crippen LogP) is 3.52. The van der Waals surface area contributed by atoms with E-state index in [0.717, 1.165) is 0 Å². The highest BCUT2D eigenvalue weighted by molar-refractivity contribution is 7.99. The van der Waals surface area contributed by atoms with Crippen molar-refractivity contribution < 1.29 is 18.7 Å². The average Bonchev–Trinajstić information content (AvgIpc) is 3.15. The Balaban J connectivity index is 1.62. The van der Waals surface area contributed by atoms with E-state index in [1.54, 1.807) is 28.8 Å². The van der Waals surface area contributed by atoms with E-state index in [-0.39, 0.29) is 29.8 Å². The van der Waals surface area contributed by atoms with Gasteiger partial charge in [0, 0.05) is 12.2 Å². The fourth-order valence-corrected chi connectivity index (χ4v) is 3.58. The van der Waals surface area contributed by atoms with Crippen LogP contribution in [0.3, 0.4) is 0 Å². The summed E-state index contributed by atoms with van der Waals surface area (Å²) < 4.78 is 20.0. The Morgan fingerprint density at radius 3 is 2.59 bits per heavy atom. The van der Waals surface area contributed by atoms with Crippen LogP contribution in [0.15, 0.2) is 66.3 Å². The number of methoxy groups -OCH3 is 1. The van der Waals surface area contributed by atoms with Crippen LogP contribution in [0.4, 0.5) is 15.8 Å². The molecule has 10 heteroatoms. The first-order valence-electron chi connectivity index (χ1n) is 9.64. The molecule has 166 valence electrons. The van der Waals surface area contributed by atoms with Gasteiger partial charge in [-0.05, 0) is 36.4 Å². The minimum absolute atomic E-state index is 0.0127. The van der Waals surface area contributed by atoms with Crippen LogP contribution < -0.4 is 15.4 Å². The van der Waals surface area contributed by atoms with E-state index in [1.807, 2.05) is 6.07 Å². The van der Waals surface area contributed by atoms with Gasteiger partial charge in [0.25, 0.3) is 0 Å². The lowest BCUT2D eigenvalue weighted by Gasteiger charge is -2.10. The van der Waals surface area contributed by atoms with E-state index in [2.05, 4.69) is 27.4 Å². The Morgan fingerprint density at radius 1 is 1.12 bits per heavy atom. The Hall–Kier alpha value is -3.66. The van der Waals surface area contributed by atoms with Gasteiger partial charge in [-0.15, -0.1) is 16.8 Å². The summed E-state index contributed by atoms with van der Waals surface area (Å²) in [5.41, 5.74) is 1.06. The predicted molar refractivity (Wildman–Crippen MR) is 121 cm³/mol. The van der Waals surface area contributed by atoms with Crippen LogP contribution in [0.2, 0.25) is 0 Å². The maximum atomic E-state index is 13.0. The van der Waals surface area contributed by atoms with Crippen LogP contribution in [0.1, 0.15) is 5.82 Å². The first-order chi connectivity index (χ1) is 15.5. The molecule has 0 spiro atoms. The maximum Gasteiger partial charge on any atom is 0.234 e. The van der Waals surface area contributed by atoms with E-state index < -0.39 is 0 Å². The van der Waals surface area contributed by atoms with Gasteiger partial charge in [-0.25, -0.2) is 4.39 Å². The zero-order valence-corrected chi connectivity index (χ0v) is 18.2. The molecule has 8 nitrogen and oxygen atoms in total. The van der Waals surface area contributed by atoms with Crippen LogP contribution in [0.5, 0.6) is 5.75 Å². The first-order valence-corrected chi connectivity index (χ1v) is 10.6. The summed E-state index contributed by atoms with van der Waals surface area (Å²) in [6, 6.07) is 12.6. The quantitative estimate of drug-likeness (QED) is 0.359. The number of carbonyl (C=O) groups is 2. The number of halogens is 1. The molecule has 0 unspecified atom stereocenters. The van der Waals surface area contributed by atoms with E-state index in [9.17, 15) is 14.0 Å². The molecule has 1 aromatic heterocycles. The topological polar surface area (TPSA) is 98.1 Å². The van der Waals surface area contributed by atoms with Gasteiger partial charge < -0.3 is 19.9 Å². The van der Waals surface area contributed by atoms with Crippen molar-refractivity contribution in [3.05, 3.63) is 72.8 Å². The Labute approximate surface area is 188 Å². The molecule has 0 fully saturated rings. The molecule has 0 atom stereocenters.